The highest BCUT2D eigenvalue weighted by atomic mass is 32.2. The topological polar surface area (TPSA) is 122 Å². The fourth-order valence-corrected chi connectivity index (χ4v) is 4.84. The minimum atomic E-state index is -3.16. The number of esters is 1. The third kappa shape index (κ3) is 4.56. The summed E-state index contributed by atoms with van der Waals surface area (Å²) < 4.78 is 27.9. The molecular formula is C18H21N3O6S. The summed E-state index contributed by atoms with van der Waals surface area (Å²) in [4.78, 5) is 35.9. The maximum absolute atomic E-state index is 12.4. The molecule has 0 unspecified atom stereocenters. The highest BCUT2D eigenvalue weighted by Gasteiger charge is 2.37. The molecule has 0 radical (unpaired) electrons. The summed E-state index contributed by atoms with van der Waals surface area (Å²) in [6, 6.07) is 6.10. The Labute approximate surface area is 162 Å². The van der Waals surface area contributed by atoms with E-state index in [1.165, 1.54) is 7.11 Å². The zero-order chi connectivity index (χ0) is 20.3. The van der Waals surface area contributed by atoms with Crippen molar-refractivity contribution in [2.75, 3.05) is 18.6 Å². The Morgan fingerprint density at radius 3 is 2.57 bits per heavy atom. The van der Waals surface area contributed by atoms with E-state index in [4.69, 9.17) is 0 Å². The summed E-state index contributed by atoms with van der Waals surface area (Å²) in [7, 11) is -1.86. The predicted molar refractivity (Wildman–Crippen MR) is 100 cm³/mol. The van der Waals surface area contributed by atoms with Gasteiger partial charge in [-0.1, -0.05) is 12.1 Å². The maximum atomic E-state index is 12.4. The normalized spacial score (nSPS) is 21.2. The minimum absolute atomic E-state index is 0.0278. The average molecular weight is 407 g/mol. The number of carbonyl (C=O) groups excluding carboxylic acids is 3. The second kappa shape index (κ2) is 8.09. The van der Waals surface area contributed by atoms with Gasteiger partial charge in [0.15, 0.2) is 9.84 Å². The molecule has 9 nitrogen and oxygen atoms in total. The van der Waals surface area contributed by atoms with E-state index in [-0.39, 0.29) is 42.5 Å². The number of methoxy groups -OCH3 is 1. The van der Waals surface area contributed by atoms with Gasteiger partial charge in [0.05, 0.1) is 30.2 Å². The lowest BCUT2D eigenvalue weighted by Crippen LogP contribution is -2.43. The van der Waals surface area contributed by atoms with E-state index in [1.807, 2.05) is 0 Å². The number of carbonyl (C=O) groups is 3. The van der Waals surface area contributed by atoms with Gasteiger partial charge in [0.25, 0.3) is 5.91 Å². The molecule has 28 heavy (non-hydrogen) atoms. The number of ether oxygens (including phenoxy) is 1. The van der Waals surface area contributed by atoms with Gasteiger partial charge in [-0.25, -0.2) is 18.2 Å². The number of nitrogens with zero attached hydrogens (tertiary/aromatic N) is 2. The minimum Gasteiger partial charge on any atom is -0.465 e. The summed E-state index contributed by atoms with van der Waals surface area (Å²) in [6.45, 7) is 0.227. The molecule has 0 bridgehead atoms. The van der Waals surface area contributed by atoms with Crippen LogP contribution in [0.1, 0.15) is 35.2 Å². The van der Waals surface area contributed by atoms with Crippen molar-refractivity contribution in [3.8, 4) is 0 Å². The zero-order valence-corrected chi connectivity index (χ0v) is 16.2. The average Bonchev–Trinajstić information content (AvgIpc) is 3.05. The maximum Gasteiger partial charge on any atom is 0.337 e. The summed E-state index contributed by atoms with van der Waals surface area (Å²) in [5.41, 5.74) is 1.40. The lowest BCUT2D eigenvalue weighted by Gasteiger charge is -2.27. The van der Waals surface area contributed by atoms with Gasteiger partial charge in [0.1, 0.15) is 5.71 Å². The Morgan fingerprint density at radius 1 is 1.25 bits per heavy atom. The molecule has 1 N–H and O–H groups in total. The molecule has 2 heterocycles. The monoisotopic (exact) mass is 407 g/mol. The molecule has 10 heteroatoms. The van der Waals surface area contributed by atoms with Gasteiger partial charge in [-0.2, -0.15) is 5.10 Å². The molecule has 150 valence electrons. The van der Waals surface area contributed by atoms with Crippen LogP contribution in [0.25, 0.3) is 0 Å². The third-order valence-corrected chi connectivity index (χ3v) is 6.45. The van der Waals surface area contributed by atoms with Crippen LogP contribution in [0.2, 0.25) is 0 Å². The van der Waals surface area contributed by atoms with E-state index in [1.54, 1.807) is 24.3 Å². The first kappa shape index (κ1) is 20.0. The molecule has 0 aromatic heterocycles. The third-order valence-electron chi connectivity index (χ3n) is 4.70. The van der Waals surface area contributed by atoms with Gasteiger partial charge in [0.2, 0.25) is 5.91 Å². The first-order valence-electron chi connectivity index (χ1n) is 8.84. The van der Waals surface area contributed by atoms with Crippen molar-refractivity contribution in [1.29, 1.82) is 0 Å². The molecule has 0 spiro atoms. The summed E-state index contributed by atoms with van der Waals surface area (Å²) in [5.74, 6) is -1.21. The fraction of sp³-hybridized carbons (Fsp3) is 0.444. The van der Waals surface area contributed by atoms with Crippen LogP contribution in [-0.4, -0.2) is 61.6 Å². The van der Waals surface area contributed by atoms with Crippen molar-refractivity contribution in [3.05, 3.63) is 35.4 Å². The SMILES string of the molecule is COC(=O)c1ccc(CNC(=O)C2=NN([C@@H]3CCS(=O)(=O)C3)C(=O)CC2)cc1. The van der Waals surface area contributed by atoms with E-state index >= 15 is 0 Å². The van der Waals surface area contributed by atoms with Gasteiger partial charge in [0, 0.05) is 19.4 Å². The lowest BCUT2D eigenvalue weighted by molar-refractivity contribution is -0.133. The van der Waals surface area contributed by atoms with Crippen LogP contribution < -0.4 is 5.32 Å². The van der Waals surface area contributed by atoms with Crippen LogP contribution in [-0.2, 0) is 30.7 Å². The molecule has 2 aliphatic heterocycles. The number of amides is 2. The van der Waals surface area contributed by atoms with E-state index in [9.17, 15) is 22.8 Å². The van der Waals surface area contributed by atoms with Crippen LogP contribution in [0.4, 0.5) is 0 Å². The second-order valence-electron chi connectivity index (χ2n) is 6.71. The van der Waals surface area contributed by atoms with Crippen molar-refractivity contribution in [1.82, 2.24) is 10.3 Å². The Morgan fingerprint density at radius 2 is 1.96 bits per heavy atom. The summed E-state index contributed by atoms with van der Waals surface area (Å²) in [6.07, 6.45) is 0.664. The Bertz CT molecular complexity index is 923. The van der Waals surface area contributed by atoms with E-state index in [2.05, 4.69) is 15.2 Å². The molecule has 2 amide bonds. The van der Waals surface area contributed by atoms with E-state index in [0.29, 0.717) is 12.0 Å². The van der Waals surface area contributed by atoms with Crippen molar-refractivity contribution in [2.45, 2.75) is 31.8 Å². The molecule has 1 aromatic rings. The first-order chi connectivity index (χ1) is 13.3. The van der Waals surface area contributed by atoms with Gasteiger partial charge >= 0.3 is 5.97 Å². The molecular weight excluding hydrogens is 386 g/mol. The second-order valence-corrected chi connectivity index (χ2v) is 8.94. The highest BCUT2D eigenvalue weighted by Crippen LogP contribution is 2.22. The zero-order valence-electron chi connectivity index (χ0n) is 15.4. The smallest absolute Gasteiger partial charge is 0.337 e. The number of nitrogens with one attached hydrogen (secondary N) is 1. The molecule has 3 rings (SSSR count). The van der Waals surface area contributed by atoms with Gasteiger partial charge in [-0.05, 0) is 24.1 Å². The molecule has 1 saturated heterocycles. The number of hydrogen-bond acceptors (Lipinski definition) is 7. The molecule has 2 aliphatic rings. The number of hydrogen-bond donors (Lipinski definition) is 1. The first-order valence-corrected chi connectivity index (χ1v) is 10.7. The van der Waals surface area contributed by atoms with Crippen LogP contribution in [0.5, 0.6) is 0 Å². The quantitative estimate of drug-likeness (QED) is 0.699. The van der Waals surface area contributed by atoms with Crippen LogP contribution in [0, 0.1) is 0 Å². The lowest BCUT2D eigenvalue weighted by atomic mass is 10.1. The largest absolute Gasteiger partial charge is 0.465 e. The molecule has 1 fully saturated rings. The summed E-state index contributed by atoms with van der Waals surface area (Å²) >= 11 is 0. The number of sulfone groups is 1. The van der Waals surface area contributed by atoms with Gasteiger partial charge < -0.3 is 10.1 Å². The standard InChI is InChI=1S/C18H21N3O6S/c1-27-18(24)13-4-2-12(3-5-13)10-19-17(23)15-6-7-16(22)21(20-15)14-8-9-28(25,26)11-14/h2-5,14H,6-11H2,1H3,(H,19,23)/t14-/m1/s1. The van der Waals surface area contributed by atoms with E-state index < -0.39 is 27.8 Å². The van der Waals surface area contributed by atoms with Crippen molar-refractivity contribution in [2.24, 2.45) is 5.10 Å². The van der Waals surface area contributed by atoms with Gasteiger partial charge in [-0.15, -0.1) is 0 Å². The van der Waals surface area contributed by atoms with E-state index in [0.717, 1.165) is 10.6 Å². The Balaban J connectivity index is 1.62. The summed E-state index contributed by atoms with van der Waals surface area (Å²) in [5, 5.41) is 8.03. The number of rotatable bonds is 5. The molecule has 0 saturated carbocycles. The fourth-order valence-electron chi connectivity index (χ4n) is 3.15. The number of benzene rings is 1. The predicted octanol–water partition coefficient (Wildman–Crippen LogP) is 0.255. The van der Waals surface area contributed by atoms with Crippen molar-refractivity contribution >= 4 is 33.3 Å². The Hall–Kier alpha value is -2.75. The highest BCUT2D eigenvalue weighted by molar-refractivity contribution is 7.91. The van der Waals surface area contributed by atoms with Crippen molar-refractivity contribution < 1.29 is 27.5 Å². The molecule has 0 aliphatic carbocycles. The van der Waals surface area contributed by atoms with Crippen LogP contribution >= 0.6 is 0 Å². The molecule has 1 atom stereocenters. The van der Waals surface area contributed by atoms with Crippen LogP contribution in [0.3, 0.4) is 0 Å². The Kier molecular flexibility index (Phi) is 5.78. The van der Waals surface area contributed by atoms with Gasteiger partial charge in [-0.3, -0.25) is 9.59 Å². The van der Waals surface area contributed by atoms with Crippen LogP contribution in [0.15, 0.2) is 29.4 Å². The molecule has 1 aromatic carbocycles. The van der Waals surface area contributed by atoms with Crippen molar-refractivity contribution in [3.63, 3.8) is 0 Å². The number of hydrazone groups is 1.